The van der Waals surface area contributed by atoms with E-state index in [0.717, 1.165) is 5.56 Å². The molecule has 0 atom stereocenters. The monoisotopic (exact) mass is 223 g/mol. The SMILES string of the molecule is O=c1[nH]nc2cccnc2c1-c1ccccc1. The number of H-pyrrole nitrogens is 1. The molecule has 3 rings (SSSR count). The molecule has 0 aliphatic heterocycles. The highest BCUT2D eigenvalue weighted by atomic mass is 16.1. The van der Waals surface area contributed by atoms with Gasteiger partial charge in [0.15, 0.2) is 0 Å². The highest BCUT2D eigenvalue weighted by molar-refractivity contribution is 5.89. The number of nitrogens with zero attached hydrogens (tertiary/aromatic N) is 2. The van der Waals surface area contributed by atoms with Gasteiger partial charge in [-0.25, -0.2) is 5.10 Å². The Bertz CT molecular complexity index is 719. The normalized spacial score (nSPS) is 10.6. The molecule has 4 heteroatoms. The standard InChI is InChI=1S/C13H9N3O/c17-13-11(9-5-2-1-3-6-9)12-10(15-16-13)7-4-8-14-12/h1-8H,(H,16,17). The molecular weight excluding hydrogens is 214 g/mol. The van der Waals surface area contributed by atoms with E-state index in [2.05, 4.69) is 15.2 Å². The van der Waals surface area contributed by atoms with Crippen molar-refractivity contribution in [2.45, 2.75) is 0 Å². The molecule has 0 spiro atoms. The lowest BCUT2D eigenvalue weighted by Gasteiger charge is -2.03. The maximum absolute atomic E-state index is 11.9. The van der Waals surface area contributed by atoms with E-state index in [0.29, 0.717) is 16.6 Å². The number of hydrogen-bond donors (Lipinski definition) is 1. The molecule has 0 aliphatic rings. The van der Waals surface area contributed by atoms with Crippen LogP contribution in [0.5, 0.6) is 0 Å². The minimum Gasteiger partial charge on any atom is -0.267 e. The predicted octanol–water partition coefficient (Wildman–Crippen LogP) is 1.99. The molecule has 0 aliphatic carbocycles. The summed E-state index contributed by atoms with van der Waals surface area (Å²) in [6, 6.07) is 13.1. The van der Waals surface area contributed by atoms with E-state index in [-0.39, 0.29) is 5.56 Å². The van der Waals surface area contributed by atoms with Crippen molar-refractivity contribution in [3.05, 3.63) is 59.0 Å². The summed E-state index contributed by atoms with van der Waals surface area (Å²) in [5.74, 6) is 0. The molecule has 0 saturated heterocycles. The highest BCUT2D eigenvalue weighted by Gasteiger charge is 2.09. The molecule has 0 fully saturated rings. The van der Waals surface area contributed by atoms with E-state index in [4.69, 9.17) is 0 Å². The molecule has 0 radical (unpaired) electrons. The Kier molecular flexibility index (Phi) is 2.19. The Balaban J connectivity index is 2.43. The molecule has 0 saturated carbocycles. The van der Waals surface area contributed by atoms with Crippen molar-refractivity contribution < 1.29 is 0 Å². The summed E-state index contributed by atoms with van der Waals surface area (Å²) in [5, 5.41) is 6.46. The molecule has 3 aromatic rings. The summed E-state index contributed by atoms with van der Waals surface area (Å²) in [6.07, 6.45) is 1.66. The van der Waals surface area contributed by atoms with E-state index in [1.807, 2.05) is 36.4 Å². The Hall–Kier alpha value is -2.49. The number of aromatic nitrogens is 3. The van der Waals surface area contributed by atoms with Gasteiger partial charge in [-0.2, -0.15) is 5.10 Å². The number of pyridine rings is 1. The summed E-state index contributed by atoms with van der Waals surface area (Å²) in [4.78, 5) is 16.1. The first-order valence-electron chi connectivity index (χ1n) is 5.25. The van der Waals surface area contributed by atoms with Crippen molar-refractivity contribution in [1.82, 2.24) is 15.2 Å². The Labute approximate surface area is 97.0 Å². The zero-order valence-corrected chi connectivity index (χ0v) is 8.92. The van der Waals surface area contributed by atoms with Crippen molar-refractivity contribution in [2.24, 2.45) is 0 Å². The Morgan fingerprint density at radius 3 is 2.65 bits per heavy atom. The third-order valence-electron chi connectivity index (χ3n) is 2.59. The molecule has 2 heterocycles. The number of hydrogen-bond acceptors (Lipinski definition) is 3. The molecule has 0 bridgehead atoms. The maximum Gasteiger partial charge on any atom is 0.274 e. The van der Waals surface area contributed by atoms with E-state index in [1.54, 1.807) is 12.3 Å². The molecule has 0 amide bonds. The first kappa shape index (κ1) is 9.72. The van der Waals surface area contributed by atoms with Gasteiger partial charge in [-0.1, -0.05) is 30.3 Å². The lowest BCUT2D eigenvalue weighted by Crippen LogP contribution is -2.11. The van der Waals surface area contributed by atoms with Crippen LogP contribution < -0.4 is 5.56 Å². The van der Waals surface area contributed by atoms with Gasteiger partial charge < -0.3 is 0 Å². The molecule has 4 nitrogen and oxygen atoms in total. The summed E-state index contributed by atoms with van der Waals surface area (Å²) in [5.41, 5.74) is 2.51. The highest BCUT2D eigenvalue weighted by Crippen LogP contribution is 2.20. The third kappa shape index (κ3) is 1.59. The maximum atomic E-state index is 11.9. The van der Waals surface area contributed by atoms with Gasteiger partial charge in [-0.05, 0) is 17.7 Å². The fraction of sp³-hybridized carbons (Fsp3) is 0. The smallest absolute Gasteiger partial charge is 0.267 e. The molecular formula is C13H9N3O. The number of benzene rings is 1. The summed E-state index contributed by atoms with van der Waals surface area (Å²) >= 11 is 0. The van der Waals surface area contributed by atoms with Crippen molar-refractivity contribution in [1.29, 1.82) is 0 Å². The van der Waals surface area contributed by atoms with Gasteiger partial charge >= 0.3 is 0 Å². The number of rotatable bonds is 1. The quantitative estimate of drug-likeness (QED) is 0.686. The van der Waals surface area contributed by atoms with Gasteiger partial charge in [-0.3, -0.25) is 9.78 Å². The second-order valence-electron chi connectivity index (χ2n) is 3.66. The molecule has 1 aromatic carbocycles. The topological polar surface area (TPSA) is 58.6 Å². The van der Waals surface area contributed by atoms with Crippen molar-refractivity contribution in [3.8, 4) is 11.1 Å². The molecule has 0 unspecified atom stereocenters. The van der Waals surface area contributed by atoms with Crippen LogP contribution in [0.4, 0.5) is 0 Å². The van der Waals surface area contributed by atoms with Gasteiger partial charge in [-0.15, -0.1) is 0 Å². The van der Waals surface area contributed by atoms with Crippen LogP contribution in [0.15, 0.2) is 53.5 Å². The van der Waals surface area contributed by atoms with Crippen LogP contribution in [0, 0.1) is 0 Å². The van der Waals surface area contributed by atoms with Gasteiger partial charge in [0.25, 0.3) is 5.56 Å². The Morgan fingerprint density at radius 2 is 1.82 bits per heavy atom. The van der Waals surface area contributed by atoms with E-state index in [1.165, 1.54) is 0 Å². The van der Waals surface area contributed by atoms with Crippen LogP contribution in [0.25, 0.3) is 22.2 Å². The van der Waals surface area contributed by atoms with Crippen LogP contribution in [0.3, 0.4) is 0 Å². The fourth-order valence-corrected chi connectivity index (χ4v) is 1.83. The van der Waals surface area contributed by atoms with Crippen LogP contribution in [-0.2, 0) is 0 Å². The second-order valence-corrected chi connectivity index (χ2v) is 3.66. The first-order chi connectivity index (χ1) is 8.36. The van der Waals surface area contributed by atoms with Crippen molar-refractivity contribution in [2.75, 3.05) is 0 Å². The zero-order chi connectivity index (χ0) is 11.7. The van der Waals surface area contributed by atoms with Crippen LogP contribution in [-0.4, -0.2) is 15.2 Å². The molecule has 2 aromatic heterocycles. The van der Waals surface area contributed by atoms with Gasteiger partial charge in [0, 0.05) is 6.20 Å². The largest absolute Gasteiger partial charge is 0.274 e. The summed E-state index contributed by atoms with van der Waals surface area (Å²) in [7, 11) is 0. The third-order valence-corrected chi connectivity index (χ3v) is 2.59. The van der Waals surface area contributed by atoms with E-state index in [9.17, 15) is 4.79 Å². The van der Waals surface area contributed by atoms with Gasteiger partial charge in [0.2, 0.25) is 0 Å². The zero-order valence-electron chi connectivity index (χ0n) is 8.92. The lowest BCUT2D eigenvalue weighted by molar-refractivity contribution is 1.03. The molecule has 82 valence electrons. The van der Waals surface area contributed by atoms with Crippen LogP contribution in [0.1, 0.15) is 0 Å². The molecule has 1 N–H and O–H groups in total. The van der Waals surface area contributed by atoms with Gasteiger partial charge in [0.05, 0.1) is 5.56 Å². The van der Waals surface area contributed by atoms with Crippen molar-refractivity contribution >= 4 is 11.0 Å². The number of fused-ring (bicyclic) bond motifs is 1. The number of aromatic amines is 1. The average molecular weight is 223 g/mol. The molecule has 17 heavy (non-hydrogen) atoms. The fourth-order valence-electron chi connectivity index (χ4n) is 1.83. The first-order valence-corrected chi connectivity index (χ1v) is 5.25. The number of nitrogens with one attached hydrogen (secondary N) is 1. The van der Waals surface area contributed by atoms with E-state index < -0.39 is 0 Å². The summed E-state index contributed by atoms with van der Waals surface area (Å²) < 4.78 is 0. The van der Waals surface area contributed by atoms with Gasteiger partial charge in [0.1, 0.15) is 11.0 Å². The Morgan fingerprint density at radius 1 is 1.00 bits per heavy atom. The lowest BCUT2D eigenvalue weighted by atomic mass is 10.1. The van der Waals surface area contributed by atoms with Crippen molar-refractivity contribution in [3.63, 3.8) is 0 Å². The van der Waals surface area contributed by atoms with Crippen LogP contribution in [0.2, 0.25) is 0 Å². The minimum absolute atomic E-state index is 0.220. The second kappa shape index (κ2) is 3.83. The summed E-state index contributed by atoms with van der Waals surface area (Å²) in [6.45, 7) is 0. The minimum atomic E-state index is -0.220. The van der Waals surface area contributed by atoms with E-state index >= 15 is 0 Å². The van der Waals surface area contributed by atoms with Crippen LogP contribution >= 0.6 is 0 Å². The average Bonchev–Trinajstić information content (AvgIpc) is 2.39. The predicted molar refractivity (Wildman–Crippen MR) is 65.6 cm³/mol.